The van der Waals surface area contributed by atoms with Crippen molar-refractivity contribution in [2.24, 2.45) is 11.8 Å². The Morgan fingerprint density at radius 2 is 1.82 bits per heavy atom. The average molecular weight is 513 g/mol. The first-order valence-electron chi connectivity index (χ1n) is 14.1. The van der Waals surface area contributed by atoms with Crippen molar-refractivity contribution in [3.8, 4) is 5.69 Å². The zero-order valence-electron chi connectivity index (χ0n) is 22.4. The lowest BCUT2D eigenvalue weighted by atomic mass is 9.77. The largest absolute Gasteiger partial charge is 0.349 e. The maximum atomic E-state index is 13.5. The number of hydrogen-bond donors (Lipinski definition) is 1. The maximum absolute atomic E-state index is 13.5. The molecule has 1 aromatic heterocycles. The van der Waals surface area contributed by atoms with Gasteiger partial charge in [0.15, 0.2) is 0 Å². The molecule has 1 amide bonds. The van der Waals surface area contributed by atoms with Crippen LogP contribution in [-0.4, -0.2) is 40.7 Å². The Kier molecular flexibility index (Phi) is 6.91. The van der Waals surface area contributed by atoms with Crippen molar-refractivity contribution in [2.75, 3.05) is 20.1 Å². The molecule has 0 bridgehead atoms. The molecule has 5 nitrogen and oxygen atoms in total. The topological polar surface area (TPSA) is 50.2 Å². The van der Waals surface area contributed by atoms with Crippen LogP contribution in [0.3, 0.4) is 0 Å². The van der Waals surface area contributed by atoms with Crippen LogP contribution in [0.25, 0.3) is 5.69 Å². The summed E-state index contributed by atoms with van der Waals surface area (Å²) in [6, 6.07) is 17.1. The number of aromatic nitrogens is 2. The third-order valence-electron chi connectivity index (χ3n) is 9.06. The van der Waals surface area contributed by atoms with Gasteiger partial charge < -0.3 is 10.2 Å². The summed E-state index contributed by atoms with van der Waals surface area (Å²) in [6.45, 7) is 4.27. The van der Waals surface area contributed by atoms with E-state index >= 15 is 0 Å². The van der Waals surface area contributed by atoms with Gasteiger partial charge in [0.25, 0.3) is 0 Å². The zero-order valence-corrected chi connectivity index (χ0v) is 22.4. The molecule has 6 rings (SSSR count). The van der Waals surface area contributed by atoms with Gasteiger partial charge in [0.1, 0.15) is 5.82 Å². The predicted octanol–water partition coefficient (Wildman–Crippen LogP) is 5.97. The third kappa shape index (κ3) is 4.82. The van der Waals surface area contributed by atoms with Crippen molar-refractivity contribution >= 4 is 5.91 Å². The molecule has 1 fully saturated rings. The molecule has 198 valence electrons. The van der Waals surface area contributed by atoms with E-state index in [0.29, 0.717) is 5.92 Å². The number of rotatable bonds is 6. The van der Waals surface area contributed by atoms with Gasteiger partial charge in [-0.25, -0.2) is 9.07 Å². The van der Waals surface area contributed by atoms with Crippen molar-refractivity contribution in [3.63, 3.8) is 0 Å². The highest BCUT2D eigenvalue weighted by atomic mass is 19.1. The summed E-state index contributed by atoms with van der Waals surface area (Å²) in [5.74, 6) is 0.798. The van der Waals surface area contributed by atoms with Crippen molar-refractivity contribution in [1.29, 1.82) is 0 Å². The smallest absolute Gasteiger partial charge is 0.223 e. The lowest BCUT2D eigenvalue weighted by Crippen LogP contribution is -2.40. The SMILES string of the molecule is C[C@@H]1C2=C(CC[C@@H]2CC(NC(=O)C2CCN(C)CC2)c2ccccc2)Cc2c1cnn2-c1ccc(F)cc1. The van der Waals surface area contributed by atoms with E-state index < -0.39 is 0 Å². The Hall–Kier alpha value is -3.25. The van der Waals surface area contributed by atoms with Crippen LogP contribution in [0.5, 0.6) is 0 Å². The minimum absolute atomic E-state index is 0.00995. The van der Waals surface area contributed by atoms with Crippen LogP contribution in [0.1, 0.15) is 67.8 Å². The van der Waals surface area contributed by atoms with Gasteiger partial charge in [0, 0.05) is 23.8 Å². The van der Waals surface area contributed by atoms with Crippen LogP contribution in [-0.2, 0) is 11.2 Å². The molecule has 0 spiro atoms. The average Bonchev–Trinajstić information content (AvgIpc) is 3.54. The second-order valence-corrected chi connectivity index (χ2v) is 11.4. The Labute approximate surface area is 224 Å². The summed E-state index contributed by atoms with van der Waals surface area (Å²) < 4.78 is 15.5. The van der Waals surface area contributed by atoms with Crippen LogP contribution in [0, 0.1) is 17.7 Å². The molecular weight excluding hydrogens is 475 g/mol. The van der Waals surface area contributed by atoms with Crippen molar-refractivity contribution in [1.82, 2.24) is 20.0 Å². The van der Waals surface area contributed by atoms with Crippen molar-refractivity contribution < 1.29 is 9.18 Å². The maximum Gasteiger partial charge on any atom is 0.223 e. The van der Waals surface area contributed by atoms with Crippen LogP contribution >= 0.6 is 0 Å². The Bertz CT molecular complexity index is 1320. The molecule has 3 aromatic rings. The lowest BCUT2D eigenvalue weighted by Gasteiger charge is -2.32. The third-order valence-corrected chi connectivity index (χ3v) is 9.06. The highest BCUT2D eigenvalue weighted by Gasteiger charge is 2.38. The molecule has 0 radical (unpaired) electrons. The molecule has 2 heterocycles. The summed E-state index contributed by atoms with van der Waals surface area (Å²) in [7, 11) is 2.13. The fourth-order valence-electron chi connectivity index (χ4n) is 6.94. The number of nitrogens with zero attached hydrogens (tertiary/aromatic N) is 3. The molecular formula is C32H37FN4O. The van der Waals surface area contributed by atoms with Crippen LogP contribution < -0.4 is 5.32 Å². The van der Waals surface area contributed by atoms with Crippen molar-refractivity contribution in [2.45, 2.75) is 57.4 Å². The number of likely N-dealkylation sites (tertiary alicyclic amines) is 1. The monoisotopic (exact) mass is 512 g/mol. The van der Waals surface area contributed by atoms with E-state index in [-0.39, 0.29) is 29.6 Å². The molecule has 3 aliphatic rings. The number of hydrogen-bond acceptors (Lipinski definition) is 3. The van der Waals surface area contributed by atoms with E-state index in [2.05, 4.69) is 48.5 Å². The minimum Gasteiger partial charge on any atom is -0.349 e. The Morgan fingerprint density at radius 1 is 1.08 bits per heavy atom. The van der Waals surface area contributed by atoms with Gasteiger partial charge in [0.2, 0.25) is 5.91 Å². The molecule has 2 aliphatic carbocycles. The fourth-order valence-corrected chi connectivity index (χ4v) is 6.94. The van der Waals surface area contributed by atoms with Gasteiger partial charge in [0.05, 0.1) is 23.6 Å². The normalized spacial score (nSPS) is 22.7. The summed E-state index contributed by atoms with van der Waals surface area (Å²) in [4.78, 5) is 15.7. The number of halogens is 1. The Balaban J connectivity index is 1.23. The molecule has 1 aliphatic heterocycles. The number of allylic oxidation sites excluding steroid dienone is 2. The van der Waals surface area contributed by atoms with Gasteiger partial charge in [-0.3, -0.25) is 4.79 Å². The van der Waals surface area contributed by atoms with Gasteiger partial charge >= 0.3 is 0 Å². The van der Waals surface area contributed by atoms with Crippen LogP contribution in [0.2, 0.25) is 0 Å². The number of carbonyl (C=O) groups excluding carboxylic acids is 1. The van der Waals surface area contributed by atoms with Gasteiger partial charge in [-0.2, -0.15) is 5.10 Å². The first-order chi connectivity index (χ1) is 18.5. The summed E-state index contributed by atoms with van der Waals surface area (Å²) in [5, 5.41) is 8.19. The number of piperidine rings is 1. The highest BCUT2D eigenvalue weighted by molar-refractivity contribution is 5.79. The summed E-state index contributed by atoms with van der Waals surface area (Å²) >= 11 is 0. The summed E-state index contributed by atoms with van der Waals surface area (Å²) in [6.07, 6.45) is 7.88. The summed E-state index contributed by atoms with van der Waals surface area (Å²) in [5.41, 5.74) is 7.65. The number of fused-ring (bicyclic) bond motifs is 1. The minimum atomic E-state index is -0.234. The highest BCUT2D eigenvalue weighted by Crippen LogP contribution is 2.49. The van der Waals surface area contributed by atoms with E-state index in [4.69, 9.17) is 5.10 Å². The van der Waals surface area contributed by atoms with Crippen LogP contribution in [0.15, 0.2) is 71.9 Å². The van der Waals surface area contributed by atoms with E-state index in [1.807, 2.05) is 16.9 Å². The zero-order chi connectivity index (χ0) is 26.2. The second kappa shape index (κ2) is 10.5. The number of benzene rings is 2. The fraction of sp³-hybridized carbons (Fsp3) is 0.438. The molecule has 0 saturated carbocycles. The van der Waals surface area contributed by atoms with Gasteiger partial charge in [-0.1, -0.05) is 48.4 Å². The number of carbonyl (C=O) groups is 1. The molecule has 3 atom stereocenters. The quantitative estimate of drug-likeness (QED) is 0.414. The van der Waals surface area contributed by atoms with Gasteiger partial charge in [-0.15, -0.1) is 0 Å². The molecule has 1 N–H and O–H groups in total. The van der Waals surface area contributed by atoms with Crippen molar-refractivity contribution in [3.05, 3.63) is 94.6 Å². The second-order valence-electron chi connectivity index (χ2n) is 11.4. The Morgan fingerprint density at radius 3 is 2.55 bits per heavy atom. The molecule has 2 aromatic carbocycles. The molecule has 6 heteroatoms. The molecule has 1 unspecified atom stereocenters. The molecule has 38 heavy (non-hydrogen) atoms. The molecule has 1 saturated heterocycles. The van der Waals surface area contributed by atoms with Crippen LogP contribution in [0.4, 0.5) is 4.39 Å². The first-order valence-corrected chi connectivity index (χ1v) is 14.1. The van der Waals surface area contributed by atoms with E-state index in [1.54, 1.807) is 17.7 Å². The number of amides is 1. The van der Waals surface area contributed by atoms with E-state index in [9.17, 15) is 9.18 Å². The standard InChI is InChI=1S/C32H37FN4O/c1-21-28-20-34-37(27-12-10-26(33)11-13-27)30(28)19-25-9-8-24(31(21)25)18-29(22-6-4-3-5-7-22)35-32(38)23-14-16-36(2)17-15-23/h3-7,10-13,20-21,23-24,29H,8-9,14-19H2,1-2H3,(H,35,38)/t21-,24+,29?/m0/s1. The first kappa shape index (κ1) is 25.1. The van der Waals surface area contributed by atoms with E-state index in [0.717, 1.165) is 57.3 Å². The predicted molar refractivity (Wildman–Crippen MR) is 148 cm³/mol. The van der Waals surface area contributed by atoms with Gasteiger partial charge in [-0.05, 0) is 88.0 Å². The number of nitrogens with one attached hydrogen (secondary N) is 1. The van der Waals surface area contributed by atoms with E-state index in [1.165, 1.54) is 34.5 Å². The lowest BCUT2D eigenvalue weighted by molar-refractivity contribution is -0.127.